The van der Waals surface area contributed by atoms with Crippen LogP contribution in [0.25, 0.3) is 0 Å². The van der Waals surface area contributed by atoms with Crippen LogP contribution in [0.4, 0.5) is 10.2 Å². The zero-order valence-corrected chi connectivity index (χ0v) is 9.53. The van der Waals surface area contributed by atoms with Crippen molar-refractivity contribution in [2.24, 2.45) is 0 Å². The fraction of sp³-hybridized carbons (Fsp3) is 0.545. The van der Waals surface area contributed by atoms with Crippen molar-refractivity contribution in [1.82, 2.24) is 9.97 Å². The normalized spacial score (nSPS) is 17.3. The molecule has 6 heteroatoms. The summed E-state index contributed by atoms with van der Waals surface area (Å²) in [7, 11) is 0. The second-order valence-corrected chi connectivity index (χ2v) is 4.45. The van der Waals surface area contributed by atoms with Crippen molar-refractivity contribution in [2.75, 3.05) is 5.32 Å². The van der Waals surface area contributed by atoms with Crippen LogP contribution in [0, 0.1) is 12.7 Å². The minimum absolute atomic E-state index is 0.0184. The fourth-order valence-corrected chi connectivity index (χ4v) is 2.04. The van der Waals surface area contributed by atoms with Crippen molar-refractivity contribution < 1.29 is 14.3 Å². The molecule has 0 atom stereocenters. The zero-order chi connectivity index (χ0) is 12.5. The monoisotopic (exact) mass is 239 g/mol. The van der Waals surface area contributed by atoms with E-state index in [0.29, 0.717) is 0 Å². The number of nitrogens with one attached hydrogen (secondary N) is 1. The summed E-state index contributed by atoms with van der Waals surface area (Å²) in [5, 5.41) is 11.8. The van der Waals surface area contributed by atoms with Crippen LogP contribution in [0.3, 0.4) is 0 Å². The summed E-state index contributed by atoms with van der Waals surface area (Å²) in [6.07, 6.45) is 3.65. The van der Waals surface area contributed by atoms with Gasteiger partial charge in [0.1, 0.15) is 6.33 Å². The number of aromatic nitrogens is 2. The van der Waals surface area contributed by atoms with Crippen LogP contribution < -0.4 is 5.32 Å². The summed E-state index contributed by atoms with van der Waals surface area (Å²) in [6, 6.07) is 0. The minimum Gasteiger partial charge on any atom is -0.481 e. The highest BCUT2D eigenvalue weighted by Gasteiger charge is 2.39. The molecular weight excluding hydrogens is 225 g/mol. The van der Waals surface area contributed by atoms with Crippen molar-refractivity contribution in [2.45, 2.75) is 38.1 Å². The van der Waals surface area contributed by atoms with Crippen LogP contribution in [0.15, 0.2) is 6.33 Å². The molecule has 0 amide bonds. The van der Waals surface area contributed by atoms with Crippen LogP contribution in [0.1, 0.15) is 31.4 Å². The smallest absolute Gasteiger partial charge is 0.305 e. The number of nitrogens with zero attached hydrogens (tertiary/aromatic N) is 2. The third kappa shape index (κ3) is 2.35. The molecule has 2 rings (SSSR count). The molecule has 0 aliphatic heterocycles. The van der Waals surface area contributed by atoms with E-state index < -0.39 is 17.3 Å². The lowest BCUT2D eigenvalue weighted by Gasteiger charge is -2.41. The molecule has 1 heterocycles. The van der Waals surface area contributed by atoms with Gasteiger partial charge in [-0.05, 0) is 26.2 Å². The summed E-state index contributed by atoms with van der Waals surface area (Å²) in [4.78, 5) is 18.3. The van der Waals surface area contributed by atoms with Gasteiger partial charge in [0.2, 0.25) is 0 Å². The van der Waals surface area contributed by atoms with Gasteiger partial charge in [-0.25, -0.2) is 14.4 Å². The van der Waals surface area contributed by atoms with Crippen molar-refractivity contribution in [3.63, 3.8) is 0 Å². The number of aryl methyl sites for hydroxylation is 1. The molecule has 0 saturated heterocycles. The Morgan fingerprint density at radius 1 is 1.59 bits per heavy atom. The van der Waals surface area contributed by atoms with E-state index in [1.54, 1.807) is 6.92 Å². The van der Waals surface area contributed by atoms with E-state index in [2.05, 4.69) is 15.3 Å². The predicted molar refractivity (Wildman–Crippen MR) is 59.2 cm³/mol. The fourth-order valence-electron chi connectivity index (χ4n) is 2.04. The van der Waals surface area contributed by atoms with Gasteiger partial charge in [-0.15, -0.1) is 0 Å². The van der Waals surface area contributed by atoms with Crippen molar-refractivity contribution in [3.8, 4) is 0 Å². The third-order valence-electron chi connectivity index (χ3n) is 3.15. The molecule has 0 radical (unpaired) electrons. The number of carbonyl (C=O) groups is 1. The number of carboxylic acid groups (broad SMARTS) is 1. The standard InChI is InChI=1S/C11H14FN3O2/c1-7-9(12)10(14-6-13-7)15-11(3-2-4-11)5-8(16)17/h6H,2-5H2,1H3,(H,16,17)(H,13,14,15). The predicted octanol–water partition coefficient (Wildman–Crippen LogP) is 1.73. The summed E-state index contributed by atoms with van der Waals surface area (Å²) in [5.41, 5.74) is -0.291. The van der Waals surface area contributed by atoms with E-state index in [1.165, 1.54) is 6.33 Å². The SMILES string of the molecule is Cc1ncnc(NC2(CC(=O)O)CCC2)c1F. The summed E-state index contributed by atoms with van der Waals surface area (Å²) < 4.78 is 13.7. The Kier molecular flexibility index (Phi) is 2.95. The number of anilines is 1. The van der Waals surface area contributed by atoms with E-state index in [9.17, 15) is 9.18 Å². The number of rotatable bonds is 4. The van der Waals surface area contributed by atoms with Crippen molar-refractivity contribution in [1.29, 1.82) is 0 Å². The Morgan fingerprint density at radius 2 is 2.29 bits per heavy atom. The van der Waals surface area contributed by atoms with Gasteiger partial charge in [-0.1, -0.05) is 0 Å². The molecule has 1 aromatic rings. The molecule has 0 bridgehead atoms. The molecule has 17 heavy (non-hydrogen) atoms. The molecule has 92 valence electrons. The summed E-state index contributed by atoms with van der Waals surface area (Å²) in [6.45, 7) is 1.55. The molecule has 1 saturated carbocycles. The topological polar surface area (TPSA) is 75.1 Å². The van der Waals surface area contributed by atoms with E-state index in [-0.39, 0.29) is 17.9 Å². The second-order valence-electron chi connectivity index (χ2n) is 4.45. The lowest BCUT2D eigenvalue weighted by atomic mass is 9.74. The molecule has 1 fully saturated rings. The lowest BCUT2D eigenvalue weighted by molar-refractivity contribution is -0.138. The maximum absolute atomic E-state index is 13.7. The van der Waals surface area contributed by atoms with Gasteiger partial charge in [0.15, 0.2) is 11.6 Å². The van der Waals surface area contributed by atoms with Crippen LogP contribution >= 0.6 is 0 Å². The van der Waals surface area contributed by atoms with E-state index in [0.717, 1.165) is 19.3 Å². The molecule has 0 aromatic carbocycles. The van der Waals surface area contributed by atoms with E-state index in [4.69, 9.17) is 5.11 Å². The molecule has 5 nitrogen and oxygen atoms in total. The molecule has 1 aliphatic rings. The van der Waals surface area contributed by atoms with Gasteiger partial charge in [0.25, 0.3) is 0 Å². The van der Waals surface area contributed by atoms with E-state index >= 15 is 0 Å². The quantitative estimate of drug-likeness (QED) is 0.837. The summed E-state index contributed by atoms with van der Waals surface area (Å²) in [5.74, 6) is -1.30. The van der Waals surface area contributed by atoms with Crippen LogP contribution in [-0.4, -0.2) is 26.6 Å². The van der Waals surface area contributed by atoms with Gasteiger partial charge in [-0.3, -0.25) is 4.79 Å². The van der Waals surface area contributed by atoms with Gasteiger partial charge in [0.05, 0.1) is 12.1 Å². The minimum atomic E-state index is -0.886. The first-order valence-electron chi connectivity index (χ1n) is 5.49. The first-order valence-corrected chi connectivity index (χ1v) is 5.49. The lowest BCUT2D eigenvalue weighted by Crippen LogP contribution is -2.47. The Labute approximate surface area is 98.1 Å². The number of aliphatic carboxylic acids is 1. The van der Waals surface area contributed by atoms with Gasteiger partial charge < -0.3 is 10.4 Å². The highest BCUT2D eigenvalue weighted by atomic mass is 19.1. The average Bonchev–Trinajstić information content (AvgIpc) is 2.21. The second kappa shape index (κ2) is 4.27. The number of carboxylic acids is 1. The highest BCUT2D eigenvalue weighted by Crippen LogP contribution is 2.38. The Morgan fingerprint density at radius 3 is 2.82 bits per heavy atom. The van der Waals surface area contributed by atoms with Gasteiger partial charge >= 0.3 is 5.97 Å². The van der Waals surface area contributed by atoms with Crippen LogP contribution in [0.2, 0.25) is 0 Å². The van der Waals surface area contributed by atoms with Crippen molar-refractivity contribution in [3.05, 3.63) is 17.8 Å². The number of halogens is 1. The molecule has 2 N–H and O–H groups in total. The molecule has 0 spiro atoms. The Hall–Kier alpha value is -1.72. The first kappa shape index (κ1) is 11.8. The maximum Gasteiger partial charge on any atom is 0.305 e. The number of hydrogen-bond donors (Lipinski definition) is 2. The zero-order valence-electron chi connectivity index (χ0n) is 9.53. The highest BCUT2D eigenvalue weighted by molar-refractivity contribution is 5.69. The third-order valence-corrected chi connectivity index (χ3v) is 3.15. The van der Waals surface area contributed by atoms with Crippen LogP contribution in [0.5, 0.6) is 0 Å². The number of hydrogen-bond acceptors (Lipinski definition) is 4. The maximum atomic E-state index is 13.7. The molecular formula is C11H14FN3O2. The van der Waals surface area contributed by atoms with Crippen molar-refractivity contribution >= 4 is 11.8 Å². The average molecular weight is 239 g/mol. The Balaban J connectivity index is 2.18. The molecule has 1 aliphatic carbocycles. The Bertz CT molecular complexity index is 446. The van der Waals surface area contributed by atoms with Gasteiger partial charge in [0, 0.05) is 5.54 Å². The summed E-state index contributed by atoms with van der Waals surface area (Å²) >= 11 is 0. The molecule has 1 aromatic heterocycles. The van der Waals surface area contributed by atoms with Crippen LogP contribution in [-0.2, 0) is 4.79 Å². The van der Waals surface area contributed by atoms with Gasteiger partial charge in [-0.2, -0.15) is 0 Å². The first-order chi connectivity index (χ1) is 8.02. The largest absolute Gasteiger partial charge is 0.481 e. The van der Waals surface area contributed by atoms with E-state index in [1.807, 2.05) is 0 Å². The molecule has 0 unspecified atom stereocenters.